The Balaban J connectivity index is 0.000000261. The lowest BCUT2D eigenvalue weighted by Gasteiger charge is -2.21. The van der Waals surface area contributed by atoms with Gasteiger partial charge < -0.3 is 33.2 Å². The van der Waals surface area contributed by atoms with Crippen molar-refractivity contribution in [2.75, 3.05) is 34.0 Å². The van der Waals surface area contributed by atoms with Crippen molar-refractivity contribution < 1.29 is 59.6 Å². The number of esters is 2. The standard InChI is InChI=1S/C26H33F3N4O4Si.C20H19F3N4O3/c1-25(2,24(34)35-3)16-37-19-9-7-18(8-10-19)20-13-31-21(14-30-20)23-32-22(26(27,28)29)15-33(23)17-36-11-12-38(4,5)6;1-19(2,18(28)29-3)11-30-13-6-4-12(5-7-13)14-8-25-15(9-24-14)17-26-10-16(27-17)20(21,22)23/h7-10,13-15H,11-12,16-17H2,1-6H3;4-10H,11H2,1-3H3,(H,26,27). The summed E-state index contributed by atoms with van der Waals surface area (Å²) in [5.74, 6) is 0.403. The fourth-order valence-electron chi connectivity index (χ4n) is 5.83. The second-order valence-electron chi connectivity index (χ2n) is 17.9. The van der Waals surface area contributed by atoms with Crippen molar-refractivity contribution >= 4 is 20.0 Å². The molecule has 0 saturated heterocycles. The van der Waals surface area contributed by atoms with E-state index in [0.717, 1.165) is 23.4 Å². The van der Waals surface area contributed by atoms with E-state index in [0.29, 0.717) is 35.7 Å². The van der Waals surface area contributed by atoms with Crippen molar-refractivity contribution in [2.24, 2.45) is 10.8 Å². The van der Waals surface area contributed by atoms with E-state index in [4.69, 9.17) is 23.7 Å². The van der Waals surface area contributed by atoms with Crippen molar-refractivity contribution in [3.8, 4) is 57.1 Å². The van der Waals surface area contributed by atoms with Gasteiger partial charge in [0.2, 0.25) is 0 Å². The zero-order valence-corrected chi connectivity index (χ0v) is 39.9. The van der Waals surface area contributed by atoms with Crippen molar-refractivity contribution in [1.82, 2.24) is 39.5 Å². The van der Waals surface area contributed by atoms with Crippen LogP contribution < -0.4 is 9.47 Å². The third-order valence-electron chi connectivity index (χ3n) is 9.93. The van der Waals surface area contributed by atoms with Crippen LogP contribution in [0.4, 0.5) is 26.3 Å². The largest absolute Gasteiger partial charge is 0.492 e. The van der Waals surface area contributed by atoms with Gasteiger partial charge in [0.05, 0.1) is 67.4 Å². The van der Waals surface area contributed by atoms with Crippen LogP contribution in [0.15, 0.2) is 85.7 Å². The third kappa shape index (κ3) is 14.4. The van der Waals surface area contributed by atoms with Gasteiger partial charge in [0, 0.05) is 32.0 Å². The molecule has 2 aromatic carbocycles. The molecular formula is C46H52F6N8O7Si. The lowest BCUT2D eigenvalue weighted by Crippen LogP contribution is -2.32. The molecule has 4 aromatic heterocycles. The fourth-order valence-corrected chi connectivity index (χ4v) is 6.58. The van der Waals surface area contributed by atoms with E-state index < -0.39 is 42.6 Å². The van der Waals surface area contributed by atoms with E-state index >= 15 is 0 Å². The zero-order chi connectivity index (χ0) is 50.1. The van der Waals surface area contributed by atoms with Gasteiger partial charge in [0.15, 0.2) is 17.3 Å². The van der Waals surface area contributed by atoms with Gasteiger partial charge in [-0.1, -0.05) is 19.6 Å². The average molecular weight is 971 g/mol. The first-order valence-corrected chi connectivity index (χ1v) is 24.6. The molecule has 0 radical (unpaired) electrons. The number of methoxy groups -OCH3 is 2. The number of aromatic amines is 1. The van der Waals surface area contributed by atoms with E-state index in [9.17, 15) is 35.9 Å². The van der Waals surface area contributed by atoms with Gasteiger partial charge in [-0.2, -0.15) is 26.3 Å². The highest BCUT2D eigenvalue weighted by Crippen LogP contribution is 2.32. The predicted molar refractivity (Wildman–Crippen MR) is 240 cm³/mol. The molecule has 68 heavy (non-hydrogen) atoms. The molecule has 15 nitrogen and oxygen atoms in total. The van der Waals surface area contributed by atoms with Crippen LogP contribution in [0.25, 0.3) is 45.6 Å². The molecule has 6 aromatic rings. The molecule has 0 fully saturated rings. The summed E-state index contributed by atoms with van der Waals surface area (Å²) in [6.07, 6.45) is -1.80. The number of imidazole rings is 2. The maximum absolute atomic E-state index is 13.4. The molecule has 0 saturated carbocycles. The summed E-state index contributed by atoms with van der Waals surface area (Å²) in [5.41, 5.74) is -0.631. The van der Waals surface area contributed by atoms with Crippen LogP contribution >= 0.6 is 0 Å². The summed E-state index contributed by atoms with van der Waals surface area (Å²) < 4.78 is 106. The SMILES string of the molecule is COC(=O)C(C)(C)COc1ccc(-c2cnc(-c3nc(C(F)(F)F)cn3COCC[Si](C)(C)C)cn2)cc1.COC(=O)C(C)(C)COc1ccc(-c2cnc(-c3ncc(C(F)(F)F)[nH]3)cn2)cc1. The minimum atomic E-state index is -4.60. The highest BCUT2D eigenvalue weighted by atomic mass is 28.3. The first-order valence-electron chi connectivity index (χ1n) is 20.9. The van der Waals surface area contributed by atoms with Gasteiger partial charge >= 0.3 is 24.3 Å². The molecule has 364 valence electrons. The van der Waals surface area contributed by atoms with Gasteiger partial charge in [-0.15, -0.1) is 0 Å². The number of benzene rings is 2. The second kappa shape index (κ2) is 21.5. The second-order valence-corrected chi connectivity index (χ2v) is 23.5. The molecule has 0 aliphatic heterocycles. The molecule has 0 unspecified atom stereocenters. The summed E-state index contributed by atoms with van der Waals surface area (Å²) in [5, 5.41) is 0. The normalized spacial score (nSPS) is 12.2. The minimum absolute atomic E-state index is 0.0154. The van der Waals surface area contributed by atoms with Crippen molar-refractivity contribution in [3.05, 3.63) is 97.1 Å². The highest BCUT2D eigenvalue weighted by molar-refractivity contribution is 6.76. The van der Waals surface area contributed by atoms with Gasteiger partial charge in [-0.25, -0.2) is 19.9 Å². The lowest BCUT2D eigenvalue weighted by atomic mass is 9.95. The summed E-state index contributed by atoms with van der Waals surface area (Å²) in [6.45, 7) is 14.2. The van der Waals surface area contributed by atoms with E-state index in [1.165, 1.54) is 43.6 Å². The molecule has 0 aliphatic rings. The van der Waals surface area contributed by atoms with Crippen LogP contribution in [0.2, 0.25) is 25.7 Å². The van der Waals surface area contributed by atoms with Gasteiger partial charge in [0.1, 0.15) is 48.5 Å². The molecule has 1 N–H and O–H groups in total. The number of nitrogens with one attached hydrogen (secondary N) is 1. The number of halogens is 6. The van der Waals surface area contributed by atoms with Crippen LogP contribution in [0.1, 0.15) is 39.1 Å². The number of hydrogen-bond acceptors (Lipinski definition) is 13. The molecule has 0 bridgehead atoms. The Morgan fingerprint density at radius 3 is 1.49 bits per heavy atom. The van der Waals surface area contributed by atoms with Crippen molar-refractivity contribution in [2.45, 2.75) is 72.5 Å². The number of carbonyl (C=O) groups is 2. The van der Waals surface area contributed by atoms with Crippen LogP contribution in [-0.2, 0) is 42.9 Å². The lowest BCUT2D eigenvalue weighted by molar-refractivity contribution is -0.153. The first kappa shape index (κ1) is 52.3. The van der Waals surface area contributed by atoms with Crippen LogP contribution in [0.3, 0.4) is 0 Å². The van der Waals surface area contributed by atoms with Gasteiger partial charge in [-0.05, 0) is 82.3 Å². The van der Waals surface area contributed by atoms with Gasteiger partial charge in [-0.3, -0.25) is 19.6 Å². The van der Waals surface area contributed by atoms with Gasteiger partial charge in [0.25, 0.3) is 0 Å². The quantitative estimate of drug-likeness (QED) is 0.0396. The Bertz CT molecular complexity index is 2590. The summed E-state index contributed by atoms with van der Waals surface area (Å²) in [7, 11) is 1.32. The molecule has 0 aliphatic carbocycles. The van der Waals surface area contributed by atoms with Crippen LogP contribution in [-0.4, -0.2) is 93.5 Å². The molecule has 6 rings (SSSR count). The molecule has 0 spiro atoms. The first-order chi connectivity index (χ1) is 31.8. The number of H-pyrrole nitrogens is 1. The number of hydrogen-bond donors (Lipinski definition) is 1. The van der Waals surface area contributed by atoms with E-state index in [-0.39, 0.29) is 54.9 Å². The third-order valence-corrected chi connectivity index (χ3v) is 11.6. The molecule has 0 atom stereocenters. The Morgan fingerprint density at radius 2 is 1.09 bits per heavy atom. The highest BCUT2D eigenvalue weighted by Gasteiger charge is 2.36. The number of ether oxygens (including phenoxy) is 5. The number of alkyl halides is 6. The summed E-state index contributed by atoms with van der Waals surface area (Å²) in [4.78, 5) is 50.2. The van der Waals surface area contributed by atoms with E-state index in [1.807, 2.05) is 0 Å². The number of nitrogens with zero attached hydrogens (tertiary/aromatic N) is 7. The predicted octanol–water partition coefficient (Wildman–Crippen LogP) is 10.0. The monoisotopic (exact) mass is 970 g/mol. The topological polar surface area (TPSA) is 178 Å². The summed E-state index contributed by atoms with van der Waals surface area (Å²) >= 11 is 0. The molecular weight excluding hydrogens is 919 g/mol. The number of carbonyl (C=O) groups excluding carboxylic acids is 2. The van der Waals surface area contributed by atoms with Crippen LogP contribution in [0, 0.1) is 10.8 Å². The Morgan fingerprint density at radius 1 is 0.632 bits per heavy atom. The Kier molecular flexibility index (Phi) is 16.5. The Labute approximate surface area is 389 Å². The smallest absolute Gasteiger partial charge is 0.434 e. The van der Waals surface area contributed by atoms with Crippen molar-refractivity contribution in [3.63, 3.8) is 0 Å². The molecule has 0 amide bonds. The molecule has 22 heteroatoms. The maximum atomic E-state index is 13.4. The average Bonchev–Trinajstić information content (AvgIpc) is 3.99. The number of rotatable bonds is 17. The van der Waals surface area contributed by atoms with E-state index in [2.05, 4.69) is 54.5 Å². The van der Waals surface area contributed by atoms with Crippen LogP contribution in [0.5, 0.6) is 11.5 Å². The Hall–Kier alpha value is -6.68. The minimum Gasteiger partial charge on any atom is -0.492 e. The molecule has 4 heterocycles. The fraction of sp³-hybridized carbons (Fsp3) is 0.391. The maximum Gasteiger partial charge on any atom is 0.434 e. The van der Waals surface area contributed by atoms with Crippen molar-refractivity contribution in [1.29, 1.82) is 0 Å². The number of aromatic nitrogens is 8. The summed E-state index contributed by atoms with van der Waals surface area (Å²) in [6, 6.07) is 14.9. The zero-order valence-electron chi connectivity index (χ0n) is 38.9. The van der Waals surface area contributed by atoms with E-state index in [1.54, 1.807) is 76.2 Å².